The number of amides is 3. The molecule has 3 atom stereocenters. The Labute approximate surface area is 154 Å². The molecule has 148 valence electrons. The van der Waals surface area contributed by atoms with Crippen LogP contribution < -0.4 is 10.6 Å². The van der Waals surface area contributed by atoms with Gasteiger partial charge in [-0.2, -0.15) is 0 Å². The Morgan fingerprint density at radius 3 is 2.54 bits per heavy atom. The Kier molecular flexibility index (Phi) is 6.49. The highest BCUT2D eigenvalue weighted by atomic mass is 16.6. The number of rotatable bonds is 6. The van der Waals surface area contributed by atoms with Gasteiger partial charge in [0.25, 0.3) is 5.91 Å². The molecule has 0 radical (unpaired) electrons. The molecule has 26 heavy (non-hydrogen) atoms. The highest BCUT2D eigenvalue weighted by molar-refractivity contribution is 5.83. The van der Waals surface area contributed by atoms with Gasteiger partial charge in [0.15, 0.2) is 6.10 Å². The predicted molar refractivity (Wildman–Crippen MR) is 95.3 cm³/mol. The van der Waals surface area contributed by atoms with Crippen LogP contribution in [0.15, 0.2) is 0 Å². The molecule has 1 heterocycles. The predicted octanol–water partition coefficient (Wildman–Crippen LogP) is 0.778. The summed E-state index contributed by atoms with van der Waals surface area (Å²) in [5.41, 5.74) is -0.698. The lowest BCUT2D eigenvalue weighted by atomic mass is 9.89. The molecule has 8 heteroatoms. The molecule has 3 amide bonds. The molecule has 0 aromatic carbocycles. The second-order valence-electron chi connectivity index (χ2n) is 8.24. The number of aliphatic hydroxyl groups excluding tert-OH is 1. The zero-order chi connectivity index (χ0) is 19.5. The molecule has 1 aliphatic heterocycles. The first-order chi connectivity index (χ1) is 12.1. The zero-order valence-electron chi connectivity index (χ0n) is 16.1. The molecule has 1 saturated heterocycles. The number of piperidine rings is 1. The second-order valence-corrected chi connectivity index (χ2v) is 8.24. The van der Waals surface area contributed by atoms with E-state index in [0.29, 0.717) is 13.0 Å². The van der Waals surface area contributed by atoms with Crippen LogP contribution in [0.25, 0.3) is 0 Å². The summed E-state index contributed by atoms with van der Waals surface area (Å²) in [5, 5.41) is 16.0. The number of hydrogen-bond donors (Lipinski definition) is 3. The topological polar surface area (TPSA) is 108 Å². The highest BCUT2D eigenvalue weighted by Gasteiger charge is 2.38. The van der Waals surface area contributed by atoms with Crippen molar-refractivity contribution < 1.29 is 24.2 Å². The molecule has 0 aromatic rings. The van der Waals surface area contributed by atoms with Crippen LogP contribution in [0.4, 0.5) is 4.79 Å². The van der Waals surface area contributed by atoms with E-state index in [2.05, 4.69) is 10.6 Å². The van der Waals surface area contributed by atoms with Gasteiger partial charge in [-0.3, -0.25) is 9.59 Å². The van der Waals surface area contributed by atoms with E-state index in [4.69, 9.17) is 4.74 Å². The van der Waals surface area contributed by atoms with Gasteiger partial charge >= 0.3 is 6.09 Å². The van der Waals surface area contributed by atoms with Crippen LogP contribution in [0.2, 0.25) is 0 Å². The summed E-state index contributed by atoms with van der Waals surface area (Å²) >= 11 is 0. The minimum absolute atomic E-state index is 0.109. The lowest BCUT2D eigenvalue weighted by Crippen LogP contribution is -2.54. The summed E-state index contributed by atoms with van der Waals surface area (Å²) in [6, 6.07) is -0.732. The Hall–Kier alpha value is -1.83. The second kappa shape index (κ2) is 8.24. The molecule has 0 spiro atoms. The van der Waals surface area contributed by atoms with E-state index < -0.39 is 29.7 Å². The third-order valence-electron chi connectivity index (χ3n) is 4.72. The smallest absolute Gasteiger partial charge is 0.407 e. The summed E-state index contributed by atoms with van der Waals surface area (Å²) in [7, 11) is 1.65. The van der Waals surface area contributed by atoms with E-state index in [1.165, 1.54) is 4.90 Å². The van der Waals surface area contributed by atoms with Crippen molar-refractivity contribution in [2.75, 3.05) is 13.6 Å². The summed E-state index contributed by atoms with van der Waals surface area (Å²) in [5.74, 6) is -0.899. The lowest BCUT2D eigenvalue weighted by molar-refractivity contribution is -0.141. The Balaban J connectivity index is 2.07. The van der Waals surface area contributed by atoms with Crippen molar-refractivity contribution in [2.45, 2.75) is 76.7 Å². The van der Waals surface area contributed by atoms with E-state index in [9.17, 15) is 19.5 Å². The standard InChI is InChI=1S/C18H31N3O5/c1-18(2,3)26-17(25)20-13(10-11-6-5-9-19-15(11)23)14(22)16(24)21(4)12-7-8-12/h11-14,22H,5-10H2,1-4H3,(H,19,23)(H,20,25)/t11-,13-,14?/m0/s1. The van der Waals surface area contributed by atoms with Gasteiger partial charge in [0.2, 0.25) is 5.91 Å². The molecule has 1 aliphatic carbocycles. The number of ether oxygens (including phenoxy) is 1. The van der Waals surface area contributed by atoms with Crippen LogP contribution >= 0.6 is 0 Å². The van der Waals surface area contributed by atoms with Crippen molar-refractivity contribution in [1.29, 1.82) is 0 Å². The first-order valence-electron chi connectivity index (χ1n) is 9.30. The van der Waals surface area contributed by atoms with Crippen molar-refractivity contribution in [1.82, 2.24) is 15.5 Å². The fourth-order valence-corrected chi connectivity index (χ4v) is 3.12. The molecule has 8 nitrogen and oxygen atoms in total. The van der Waals surface area contributed by atoms with E-state index >= 15 is 0 Å². The molecular formula is C18H31N3O5. The van der Waals surface area contributed by atoms with Gasteiger partial charge in [0.05, 0.1) is 6.04 Å². The average Bonchev–Trinajstić information content (AvgIpc) is 3.37. The number of nitrogens with one attached hydrogen (secondary N) is 2. The number of carbonyl (C=O) groups is 3. The normalized spacial score (nSPS) is 22.8. The summed E-state index contributed by atoms with van der Waals surface area (Å²) < 4.78 is 5.25. The molecule has 3 N–H and O–H groups in total. The average molecular weight is 369 g/mol. The van der Waals surface area contributed by atoms with Crippen LogP contribution in [0.3, 0.4) is 0 Å². The molecular weight excluding hydrogens is 338 g/mol. The molecule has 1 saturated carbocycles. The van der Waals surface area contributed by atoms with E-state index in [1.807, 2.05) is 0 Å². The van der Waals surface area contributed by atoms with E-state index in [-0.39, 0.29) is 24.3 Å². The van der Waals surface area contributed by atoms with Gasteiger partial charge in [-0.25, -0.2) is 4.79 Å². The summed E-state index contributed by atoms with van der Waals surface area (Å²) in [6.45, 7) is 5.83. The Bertz CT molecular complexity index is 541. The van der Waals surface area contributed by atoms with Gasteiger partial charge in [0.1, 0.15) is 5.60 Å². The molecule has 2 rings (SSSR count). The highest BCUT2D eigenvalue weighted by Crippen LogP contribution is 2.27. The van der Waals surface area contributed by atoms with Crippen LogP contribution in [0.1, 0.15) is 52.9 Å². The number of carbonyl (C=O) groups excluding carboxylic acids is 3. The fraction of sp³-hybridized carbons (Fsp3) is 0.833. The Morgan fingerprint density at radius 2 is 2.00 bits per heavy atom. The van der Waals surface area contributed by atoms with Crippen LogP contribution in [-0.2, 0) is 14.3 Å². The maximum atomic E-state index is 12.5. The molecule has 2 aliphatic rings. The molecule has 2 fully saturated rings. The maximum absolute atomic E-state index is 12.5. The summed E-state index contributed by atoms with van der Waals surface area (Å²) in [4.78, 5) is 38.3. The summed E-state index contributed by atoms with van der Waals surface area (Å²) in [6.07, 6.45) is 1.41. The number of hydrogen-bond acceptors (Lipinski definition) is 5. The number of likely N-dealkylation sites (N-methyl/N-ethyl adjacent to an activating group) is 1. The maximum Gasteiger partial charge on any atom is 0.407 e. The zero-order valence-corrected chi connectivity index (χ0v) is 16.1. The lowest BCUT2D eigenvalue weighted by Gasteiger charge is -2.31. The number of aliphatic hydroxyl groups is 1. The Morgan fingerprint density at radius 1 is 1.35 bits per heavy atom. The van der Waals surface area contributed by atoms with Crippen LogP contribution in [-0.4, -0.2) is 65.3 Å². The molecule has 0 bridgehead atoms. The van der Waals surface area contributed by atoms with Crippen molar-refractivity contribution in [3.05, 3.63) is 0 Å². The van der Waals surface area contributed by atoms with E-state index in [1.54, 1.807) is 27.8 Å². The first-order valence-corrected chi connectivity index (χ1v) is 9.30. The van der Waals surface area contributed by atoms with Crippen molar-refractivity contribution in [3.8, 4) is 0 Å². The minimum atomic E-state index is -1.41. The van der Waals surface area contributed by atoms with Crippen LogP contribution in [0, 0.1) is 5.92 Å². The van der Waals surface area contributed by atoms with Crippen molar-refractivity contribution in [2.24, 2.45) is 5.92 Å². The van der Waals surface area contributed by atoms with E-state index in [0.717, 1.165) is 19.3 Å². The first kappa shape index (κ1) is 20.5. The third kappa shape index (κ3) is 5.86. The quantitative estimate of drug-likeness (QED) is 0.641. The SMILES string of the molecule is CN(C(=O)C(O)[C@H](C[C@@H]1CCCNC1=O)NC(=O)OC(C)(C)C)C1CC1. The number of nitrogens with zero attached hydrogens (tertiary/aromatic N) is 1. The van der Waals surface area contributed by atoms with Gasteiger partial charge in [-0.15, -0.1) is 0 Å². The molecule has 0 aromatic heterocycles. The third-order valence-corrected chi connectivity index (χ3v) is 4.72. The van der Waals surface area contributed by atoms with Gasteiger partial charge < -0.3 is 25.4 Å². The monoisotopic (exact) mass is 369 g/mol. The van der Waals surface area contributed by atoms with Crippen LogP contribution in [0.5, 0.6) is 0 Å². The molecule has 1 unspecified atom stereocenters. The van der Waals surface area contributed by atoms with Gasteiger partial charge in [-0.05, 0) is 52.9 Å². The van der Waals surface area contributed by atoms with Gasteiger partial charge in [-0.1, -0.05) is 0 Å². The number of alkyl carbamates (subject to hydrolysis) is 1. The van der Waals surface area contributed by atoms with Gasteiger partial charge in [0, 0.05) is 25.6 Å². The fourth-order valence-electron chi connectivity index (χ4n) is 3.12. The van der Waals surface area contributed by atoms with Crippen molar-refractivity contribution >= 4 is 17.9 Å². The van der Waals surface area contributed by atoms with Crippen molar-refractivity contribution in [3.63, 3.8) is 0 Å². The minimum Gasteiger partial charge on any atom is -0.444 e. The largest absolute Gasteiger partial charge is 0.444 e.